The first kappa shape index (κ1) is 15.6. The summed E-state index contributed by atoms with van der Waals surface area (Å²) in [5.74, 6) is 1.54. The van der Waals surface area contributed by atoms with Crippen molar-refractivity contribution in [3.63, 3.8) is 0 Å². The zero-order valence-corrected chi connectivity index (χ0v) is 12.5. The first-order chi connectivity index (χ1) is 9.12. The highest BCUT2D eigenvalue weighted by atomic mass is 16.5. The van der Waals surface area contributed by atoms with Gasteiger partial charge < -0.3 is 14.8 Å². The maximum atomic E-state index is 5.33. The number of hydrogen-bond donors (Lipinski definition) is 1. The highest BCUT2D eigenvalue weighted by Gasteiger charge is 2.11. The van der Waals surface area contributed by atoms with Gasteiger partial charge in [0.2, 0.25) is 0 Å². The van der Waals surface area contributed by atoms with Crippen LogP contribution in [0.3, 0.4) is 0 Å². The van der Waals surface area contributed by atoms with Gasteiger partial charge in [0.1, 0.15) is 0 Å². The van der Waals surface area contributed by atoms with E-state index in [1.54, 1.807) is 14.2 Å². The molecule has 106 valence electrons. The largest absolute Gasteiger partial charge is 0.493 e. The Morgan fingerprint density at radius 3 is 2.47 bits per heavy atom. The molecule has 0 fully saturated rings. The zero-order chi connectivity index (χ0) is 14.3. The molecule has 1 N–H and O–H groups in total. The summed E-state index contributed by atoms with van der Waals surface area (Å²) in [5, 5.41) is 3.51. The minimum absolute atomic E-state index is 0.304. The van der Waals surface area contributed by atoms with Crippen LogP contribution in [0.15, 0.2) is 30.4 Å². The molecule has 1 atom stereocenters. The Morgan fingerprint density at radius 2 is 1.95 bits per heavy atom. The Kier molecular flexibility index (Phi) is 6.43. The molecule has 3 nitrogen and oxygen atoms in total. The molecule has 0 radical (unpaired) electrons. The Hall–Kier alpha value is -1.48. The van der Waals surface area contributed by atoms with Gasteiger partial charge in [-0.1, -0.05) is 25.1 Å². The van der Waals surface area contributed by atoms with Crippen molar-refractivity contribution >= 4 is 0 Å². The molecule has 0 saturated heterocycles. The molecule has 0 amide bonds. The Balaban J connectivity index is 2.81. The monoisotopic (exact) mass is 263 g/mol. The average Bonchev–Trinajstić information content (AvgIpc) is 2.42. The van der Waals surface area contributed by atoms with E-state index in [9.17, 15) is 0 Å². The number of ether oxygens (including phenoxy) is 2. The summed E-state index contributed by atoms with van der Waals surface area (Å²) in [6.45, 7) is 9.30. The second kappa shape index (κ2) is 7.85. The van der Waals surface area contributed by atoms with Crippen molar-refractivity contribution in [3.05, 3.63) is 35.9 Å². The van der Waals surface area contributed by atoms with Crippen molar-refractivity contribution in [2.24, 2.45) is 0 Å². The van der Waals surface area contributed by atoms with Crippen LogP contribution in [0.1, 0.15) is 25.8 Å². The van der Waals surface area contributed by atoms with E-state index in [0.29, 0.717) is 6.04 Å². The first-order valence-electron chi connectivity index (χ1n) is 6.72. The van der Waals surface area contributed by atoms with E-state index in [4.69, 9.17) is 9.47 Å². The van der Waals surface area contributed by atoms with Crippen LogP contribution >= 0.6 is 0 Å². The van der Waals surface area contributed by atoms with Gasteiger partial charge >= 0.3 is 0 Å². The molecule has 1 rings (SSSR count). The molecule has 0 spiro atoms. The fraction of sp³-hybridized carbons (Fsp3) is 0.500. The fourth-order valence-electron chi connectivity index (χ4n) is 1.98. The van der Waals surface area contributed by atoms with Crippen LogP contribution in [0.25, 0.3) is 0 Å². The van der Waals surface area contributed by atoms with Crippen molar-refractivity contribution < 1.29 is 9.47 Å². The third-order valence-electron chi connectivity index (χ3n) is 3.12. The highest BCUT2D eigenvalue weighted by molar-refractivity contribution is 5.43. The molecular formula is C16H25NO2. The van der Waals surface area contributed by atoms with Crippen molar-refractivity contribution in [1.29, 1.82) is 0 Å². The molecule has 0 bridgehead atoms. The van der Waals surface area contributed by atoms with Crippen LogP contribution in [0.2, 0.25) is 0 Å². The Morgan fingerprint density at radius 1 is 1.26 bits per heavy atom. The molecule has 0 aliphatic rings. The van der Waals surface area contributed by atoms with E-state index < -0.39 is 0 Å². The van der Waals surface area contributed by atoms with Crippen LogP contribution in [-0.4, -0.2) is 26.8 Å². The molecule has 0 aromatic heterocycles. The molecule has 1 aromatic carbocycles. The summed E-state index contributed by atoms with van der Waals surface area (Å²) >= 11 is 0. The van der Waals surface area contributed by atoms with Gasteiger partial charge in [0.25, 0.3) is 0 Å². The fourth-order valence-corrected chi connectivity index (χ4v) is 1.98. The molecular weight excluding hydrogens is 238 g/mol. The molecule has 0 aliphatic heterocycles. The van der Waals surface area contributed by atoms with E-state index in [1.807, 2.05) is 12.1 Å². The highest BCUT2D eigenvalue weighted by Crippen LogP contribution is 2.28. The lowest BCUT2D eigenvalue weighted by Crippen LogP contribution is -2.32. The Labute approximate surface area is 116 Å². The van der Waals surface area contributed by atoms with Gasteiger partial charge in [0.15, 0.2) is 11.5 Å². The maximum absolute atomic E-state index is 5.33. The van der Waals surface area contributed by atoms with Gasteiger partial charge in [-0.3, -0.25) is 0 Å². The van der Waals surface area contributed by atoms with Gasteiger partial charge in [-0.05, 0) is 44.0 Å². The summed E-state index contributed by atoms with van der Waals surface area (Å²) in [4.78, 5) is 0. The summed E-state index contributed by atoms with van der Waals surface area (Å²) in [5.41, 5.74) is 2.37. The normalized spacial score (nSPS) is 12.0. The van der Waals surface area contributed by atoms with Crippen molar-refractivity contribution in [3.8, 4) is 11.5 Å². The smallest absolute Gasteiger partial charge is 0.160 e. The summed E-state index contributed by atoms with van der Waals surface area (Å²) < 4.78 is 10.6. The van der Waals surface area contributed by atoms with Crippen molar-refractivity contribution in [2.75, 3.05) is 20.8 Å². The van der Waals surface area contributed by atoms with Gasteiger partial charge in [-0.25, -0.2) is 0 Å². The van der Waals surface area contributed by atoms with Crippen LogP contribution in [-0.2, 0) is 6.42 Å². The minimum Gasteiger partial charge on any atom is -0.493 e. The zero-order valence-electron chi connectivity index (χ0n) is 12.5. The summed E-state index contributed by atoms with van der Waals surface area (Å²) in [7, 11) is 3.31. The lowest BCUT2D eigenvalue weighted by atomic mass is 10.0. The SMILES string of the molecule is C=C(C)C(Cc1ccc(OC)c(OC)c1)NCCC. The molecule has 1 unspecified atom stereocenters. The number of methoxy groups -OCH3 is 2. The number of benzene rings is 1. The molecule has 0 saturated carbocycles. The van der Waals surface area contributed by atoms with E-state index in [-0.39, 0.29) is 0 Å². The Bertz CT molecular complexity index is 415. The van der Waals surface area contributed by atoms with Gasteiger partial charge in [-0.2, -0.15) is 0 Å². The standard InChI is InChI=1S/C16H25NO2/c1-6-9-17-14(12(2)3)10-13-7-8-15(18-4)16(11-13)19-5/h7-8,11,14,17H,2,6,9-10H2,1,3-5H3. The van der Waals surface area contributed by atoms with E-state index in [0.717, 1.165) is 36.5 Å². The molecule has 3 heteroatoms. The number of rotatable bonds is 8. The quantitative estimate of drug-likeness (QED) is 0.731. The van der Waals surface area contributed by atoms with Gasteiger partial charge in [0, 0.05) is 6.04 Å². The number of nitrogens with one attached hydrogen (secondary N) is 1. The summed E-state index contributed by atoms with van der Waals surface area (Å²) in [6, 6.07) is 6.36. The van der Waals surface area contributed by atoms with Gasteiger partial charge in [0.05, 0.1) is 14.2 Å². The lowest BCUT2D eigenvalue weighted by Gasteiger charge is -2.19. The van der Waals surface area contributed by atoms with Crippen molar-refractivity contribution in [1.82, 2.24) is 5.32 Å². The van der Waals surface area contributed by atoms with Crippen LogP contribution < -0.4 is 14.8 Å². The maximum Gasteiger partial charge on any atom is 0.160 e. The first-order valence-corrected chi connectivity index (χ1v) is 6.72. The van der Waals surface area contributed by atoms with Crippen molar-refractivity contribution in [2.45, 2.75) is 32.7 Å². The second-order valence-corrected chi connectivity index (χ2v) is 4.75. The molecule has 19 heavy (non-hydrogen) atoms. The average molecular weight is 263 g/mol. The van der Waals surface area contributed by atoms with E-state index in [1.165, 1.54) is 5.56 Å². The van der Waals surface area contributed by atoms with E-state index >= 15 is 0 Å². The van der Waals surface area contributed by atoms with Gasteiger partial charge in [-0.15, -0.1) is 0 Å². The molecule has 0 heterocycles. The second-order valence-electron chi connectivity index (χ2n) is 4.75. The predicted octanol–water partition coefficient (Wildman–Crippen LogP) is 3.19. The van der Waals surface area contributed by atoms with Crippen LogP contribution in [0.5, 0.6) is 11.5 Å². The topological polar surface area (TPSA) is 30.5 Å². The third kappa shape index (κ3) is 4.60. The summed E-state index contributed by atoms with van der Waals surface area (Å²) in [6.07, 6.45) is 2.03. The molecule has 1 aromatic rings. The van der Waals surface area contributed by atoms with E-state index in [2.05, 4.69) is 31.8 Å². The number of hydrogen-bond acceptors (Lipinski definition) is 3. The predicted molar refractivity (Wildman–Crippen MR) is 80.1 cm³/mol. The lowest BCUT2D eigenvalue weighted by molar-refractivity contribution is 0.354. The molecule has 0 aliphatic carbocycles. The van der Waals surface area contributed by atoms with Crippen LogP contribution in [0.4, 0.5) is 0 Å². The third-order valence-corrected chi connectivity index (χ3v) is 3.12. The minimum atomic E-state index is 0.304. The van der Waals surface area contributed by atoms with Crippen LogP contribution in [0, 0.1) is 0 Å².